The quantitative estimate of drug-likeness (QED) is 0.363. The molecule has 1 atom stereocenters. The van der Waals surface area contributed by atoms with Gasteiger partial charge in [0.25, 0.3) is 0 Å². The van der Waals surface area contributed by atoms with Crippen molar-refractivity contribution in [2.75, 3.05) is 11.9 Å². The molecule has 2 aliphatic carbocycles. The largest absolute Gasteiger partial charge is 3.00 e. The maximum atomic E-state index is 3.60. The number of thioether (sulfide) groups is 1. The van der Waals surface area contributed by atoms with Gasteiger partial charge in [-0.25, -0.2) is 11.8 Å². The Kier molecular flexibility index (Phi) is 5.99. The number of halogens is 3. The van der Waals surface area contributed by atoms with Gasteiger partial charge in [0.15, 0.2) is 0 Å². The number of allylic oxidation sites excluding steroid dienone is 2. The third-order valence-electron chi connectivity index (χ3n) is 5.43. The normalized spacial score (nSPS) is 19.6. The van der Waals surface area contributed by atoms with E-state index in [4.69, 9.17) is 0 Å². The number of hydrogen-bond acceptors (Lipinski definition) is 2. The molecule has 2 heterocycles. The molecule has 1 radical (unpaired) electrons. The van der Waals surface area contributed by atoms with Crippen molar-refractivity contribution in [1.82, 2.24) is 0 Å². The summed E-state index contributed by atoms with van der Waals surface area (Å²) >= 11 is 5.48. The Labute approximate surface area is 203 Å². The van der Waals surface area contributed by atoms with E-state index in [1.807, 2.05) is 11.8 Å². The summed E-state index contributed by atoms with van der Waals surface area (Å²) in [6.45, 7) is 0. The molecule has 27 heavy (non-hydrogen) atoms. The zero-order valence-corrected chi connectivity index (χ0v) is 20.7. The Hall–Kier alpha value is -0.247. The van der Waals surface area contributed by atoms with Crippen molar-refractivity contribution >= 4 is 50.6 Å². The molecule has 2 aromatic carbocycles. The first-order valence-electron chi connectivity index (χ1n) is 8.12. The Morgan fingerprint density at radius 3 is 2.63 bits per heavy atom. The van der Waals surface area contributed by atoms with E-state index in [-0.39, 0.29) is 51.0 Å². The van der Waals surface area contributed by atoms with Crippen LogP contribution < -0.4 is 29.7 Å². The van der Waals surface area contributed by atoms with Gasteiger partial charge >= 0.3 is 26.2 Å². The second-order valence-corrected chi connectivity index (χ2v) is 8.62. The van der Waals surface area contributed by atoms with Crippen LogP contribution in [-0.2, 0) is 26.2 Å². The number of para-hydroxylation sites is 1. The molecule has 6 rings (SSSR count). The van der Waals surface area contributed by atoms with Gasteiger partial charge in [-0.15, -0.1) is 10.5 Å². The minimum atomic E-state index is 0. The molecule has 0 bridgehead atoms. The van der Waals surface area contributed by atoms with E-state index < -0.39 is 0 Å². The topological polar surface area (TPSA) is 3.24 Å². The molecule has 0 spiro atoms. The summed E-state index contributed by atoms with van der Waals surface area (Å²) in [6.07, 6.45) is 6.82. The molecule has 4 aliphatic rings. The SMILES string of the molecule is CN1c2c(cccc2C2=C3SC3=[C-]C2)C2=Cc3cc(Br)ccc3C21.[Cl-].[Cl-].[Zr+3]. The monoisotopic (exact) mass is 550 g/mol. The van der Waals surface area contributed by atoms with Gasteiger partial charge in [-0.1, -0.05) is 46.6 Å². The molecule has 0 aromatic heterocycles. The molecule has 1 unspecified atom stereocenters. The minimum absolute atomic E-state index is 0. The first-order valence-corrected chi connectivity index (χ1v) is 9.73. The van der Waals surface area contributed by atoms with Crippen LogP contribution in [0.4, 0.5) is 5.69 Å². The number of anilines is 1. The van der Waals surface area contributed by atoms with Crippen LogP contribution in [0.2, 0.25) is 0 Å². The zero-order valence-electron chi connectivity index (χ0n) is 14.3. The second-order valence-electron chi connectivity index (χ2n) is 6.68. The predicted molar refractivity (Wildman–Crippen MR) is 105 cm³/mol. The van der Waals surface area contributed by atoms with Crippen LogP contribution in [0.5, 0.6) is 0 Å². The molecular weight excluding hydrogens is 540 g/mol. The number of benzene rings is 2. The smallest absolute Gasteiger partial charge is 1.00 e. The van der Waals surface area contributed by atoms with Gasteiger partial charge in [0.1, 0.15) is 0 Å². The third kappa shape index (κ3) is 2.99. The molecule has 1 nitrogen and oxygen atoms in total. The molecule has 0 saturated carbocycles. The van der Waals surface area contributed by atoms with E-state index in [1.54, 1.807) is 0 Å². The fourth-order valence-electron chi connectivity index (χ4n) is 4.36. The van der Waals surface area contributed by atoms with E-state index in [2.05, 4.69) is 76.4 Å². The van der Waals surface area contributed by atoms with Crippen LogP contribution in [-0.4, -0.2) is 7.05 Å². The Morgan fingerprint density at radius 2 is 1.93 bits per heavy atom. The van der Waals surface area contributed by atoms with E-state index in [1.165, 1.54) is 48.9 Å². The fraction of sp³-hybridized carbons (Fsp3) is 0.143. The van der Waals surface area contributed by atoms with E-state index >= 15 is 0 Å². The fourth-order valence-corrected chi connectivity index (χ4v) is 5.54. The van der Waals surface area contributed by atoms with Crippen molar-refractivity contribution in [2.45, 2.75) is 12.5 Å². The van der Waals surface area contributed by atoms with Crippen LogP contribution >= 0.6 is 27.7 Å². The van der Waals surface area contributed by atoms with Crippen molar-refractivity contribution < 1.29 is 51.0 Å². The number of fused-ring (bicyclic) bond motifs is 6. The van der Waals surface area contributed by atoms with Gasteiger partial charge in [-0.05, 0) is 40.5 Å². The summed E-state index contributed by atoms with van der Waals surface area (Å²) in [5.41, 5.74) is 9.83. The van der Waals surface area contributed by atoms with Crippen molar-refractivity contribution in [3.8, 4) is 0 Å². The van der Waals surface area contributed by atoms with E-state index in [9.17, 15) is 0 Å². The van der Waals surface area contributed by atoms with Crippen molar-refractivity contribution in [3.63, 3.8) is 0 Å². The number of likely N-dealkylation sites (N-methyl/N-ethyl adjacent to an activating group) is 1. The van der Waals surface area contributed by atoms with Crippen molar-refractivity contribution in [1.29, 1.82) is 0 Å². The Bertz CT molecular complexity index is 1060. The molecule has 2 aliphatic heterocycles. The maximum absolute atomic E-state index is 3.60. The number of rotatable bonds is 1. The standard InChI is InChI=1S/C21H13BrNS.2ClH.Zr/c1-23-19-13-6-5-12(22)9-11(13)10-17(19)15-4-2-3-14(20(15)23)16-7-8-18-21(16)24-18;;;/h2-6,9-10,19H,7H2,1H3;2*1H;/q-1;;;+3/p-2. The maximum Gasteiger partial charge on any atom is 3.00 e. The van der Waals surface area contributed by atoms with Crippen LogP contribution in [0.1, 0.15) is 34.7 Å². The van der Waals surface area contributed by atoms with Gasteiger partial charge < -0.3 is 29.7 Å². The predicted octanol–water partition coefficient (Wildman–Crippen LogP) is 0.0484. The van der Waals surface area contributed by atoms with Crippen LogP contribution in [0.3, 0.4) is 0 Å². The van der Waals surface area contributed by atoms with Gasteiger partial charge in [0.2, 0.25) is 0 Å². The third-order valence-corrected chi connectivity index (χ3v) is 6.93. The molecule has 0 N–H and O–H groups in total. The molecule has 6 heteroatoms. The summed E-state index contributed by atoms with van der Waals surface area (Å²) in [5, 5.41) is 0. The van der Waals surface area contributed by atoms with E-state index in [0.717, 1.165) is 10.9 Å². The Morgan fingerprint density at radius 1 is 1.15 bits per heavy atom. The summed E-state index contributed by atoms with van der Waals surface area (Å²) < 4.78 is 1.15. The van der Waals surface area contributed by atoms with Gasteiger partial charge in [-0.2, -0.15) is 4.91 Å². The number of nitrogens with zero attached hydrogens (tertiary/aromatic N) is 1. The van der Waals surface area contributed by atoms with Crippen LogP contribution in [0.15, 0.2) is 50.7 Å². The molecule has 2 aromatic rings. The summed E-state index contributed by atoms with van der Waals surface area (Å²) in [7, 11) is 2.24. The molecule has 1 fully saturated rings. The van der Waals surface area contributed by atoms with Gasteiger partial charge in [0, 0.05) is 17.1 Å². The van der Waals surface area contributed by atoms with Crippen molar-refractivity contribution in [2.24, 2.45) is 0 Å². The first kappa shape index (κ1) is 21.5. The average molecular weight is 553 g/mol. The van der Waals surface area contributed by atoms with Gasteiger partial charge in [0.05, 0.1) is 11.7 Å². The van der Waals surface area contributed by atoms with Gasteiger partial charge in [-0.3, -0.25) is 6.08 Å². The molecule has 1 saturated heterocycles. The second kappa shape index (κ2) is 7.54. The summed E-state index contributed by atoms with van der Waals surface area (Å²) in [5.74, 6) is 0. The van der Waals surface area contributed by atoms with Crippen LogP contribution in [0, 0.1) is 6.08 Å². The molecule has 133 valence electrons. The van der Waals surface area contributed by atoms with Crippen LogP contribution in [0.25, 0.3) is 17.2 Å². The summed E-state index contributed by atoms with van der Waals surface area (Å²) in [6, 6.07) is 13.8. The average Bonchev–Trinajstić information content (AvgIpc) is 2.97. The first-order chi connectivity index (χ1) is 11.7. The van der Waals surface area contributed by atoms with E-state index in [0.29, 0.717) is 6.04 Å². The van der Waals surface area contributed by atoms with Crippen molar-refractivity contribution in [3.05, 3.63) is 79.0 Å². The molecule has 0 amide bonds. The summed E-state index contributed by atoms with van der Waals surface area (Å²) in [4.78, 5) is 5.31. The minimum Gasteiger partial charge on any atom is -1.00 e. The zero-order chi connectivity index (χ0) is 16.0. The molecular formula is C21H13BrCl2NSZr. The Balaban J connectivity index is 0.000000701. The number of hydrogen-bond donors (Lipinski definition) is 0.